The Kier molecular flexibility index (Phi) is 3.97. The second-order valence-corrected chi connectivity index (χ2v) is 4.97. The summed E-state index contributed by atoms with van der Waals surface area (Å²) in [5, 5.41) is 0.694. The fourth-order valence-corrected chi connectivity index (χ4v) is 2.18. The number of hydrogen-bond acceptors (Lipinski definition) is 4. The van der Waals surface area contributed by atoms with E-state index in [4.69, 9.17) is 4.42 Å². The third-order valence-corrected chi connectivity index (χ3v) is 3.41. The SMILES string of the molecule is O=Cc1ccc(C=CC(=O)c2cc3ccccc3oc2=O)cc1. The number of ketones is 1. The van der Waals surface area contributed by atoms with Crippen molar-refractivity contribution in [2.24, 2.45) is 0 Å². The highest BCUT2D eigenvalue weighted by atomic mass is 16.4. The summed E-state index contributed by atoms with van der Waals surface area (Å²) < 4.78 is 5.15. The lowest BCUT2D eigenvalue weighted by molar-refractivity contribution is 0.104. The number of allylic oxidation sites excluding steroid dienone is 1. The Morgan fingerprint density at radius 2 is 1.65 bits per heavy atom. The Labute approximate surface area is 131 Å². The minimum absolute atomic E-state index is 0.00976. The van der Waals surface area contributed by atoms with E-state index in [1.807, 2.05) is 0 Å². The third kappa shape index (κ3) is 3.16. The van der Waals surface area contributed by atoms with E-state index in [0.717, 1.165) is 11.8 Å². The predicted octanol–water partition coefficient (Wildman–Crippen LogP) is 3.50. The molecule has 0 bridgehead atoms. The molecule has 0 aliphatic carbocycles. The lowest BCUT2D eigenvalue weighted by atomic mass is 10.1. The molecule has 4 heteroatoms. The Bertz CT molecular complexity index is 963. The molecule has 0 aliphatic rings. The molecule has 0 amide bonds. The van der Waals surface area contributed by atoms with Crippen molar-refractivity contribution >= 4 is 29.1 Å². The van der Waals surface area contributed by atoms with Crippen molar-refractivity contribution in [3.05, 3.63) is 87.8 Å². The van der Waals surface area contributed by atoms with E-state index in [0.29, 0.717) is 16.5 Å². The van der Waals surface area contributed by atoms with Crippen LogP contribution in [0.25, 0.3) is 17.0 Å². The van der Waals surface area contributed by atoms with Crippen LogP contribution in [0.15, 0.2) is 69.9 Å². The van der Waals surface area contributed by atoms with Gasteiger partial charge in [-0.2, -0.15) is 0 Å². The highest BCUT2D eigenvalue weighted by molar-refractivity contribution is 6.07. The molecule has 3 aromatic rings. The van der Waals surface area contributed by atoms with E-state index in [2.05, 4.69) is 0 Å². The lowest BCUT2D eigenvalue weighted by Gasteiger charge is -1.99. The van der Waals surface area contributed by atoms with E-state index in [1.54, 1.807) is 54.6 Å². The van der Waals surface area contributed by atoms with Gasteiger partial charge < -0.3 is 4.42 Å². The molecule has 0 saturated carbocycles. The number of hydrogen-bond donors (Lipinski definition) is 0. The topological polar surface area (TPSA) is 64.3 Å². The van der Waals surface area contributed by atoms with Crippen LogP contribution >= 0.6 is 0 Å². The van der Waals surface area contributed by atoms with Crippen LogP contribution in [0.2, 0.25) is 0 Å². The molecule has 2 aromatic carbocycles. The van der Waals surface area contributed by atoms with E-state index in [9.17, 15) is 14.4 Å². The summed E-state index contributed by atoms with van der Waals surface area (Å²) in [6.45, 7) is 0. The van der Waals surface area contributed by atoms with Crippen molar-refractivity contribution < 1.29 is 14.0 Å². The van der Waals surface area contributed by atoms with Gasteiger partial charge in [-0.15, -0.1) is 0 Å². The van der Waals surface area contributed by atoms with Crippen LogP contribution in [0.3, 0.4) is 0 Å². The summed E-state index contributed by atoms with van der Waals surface area (Å²) in [5.74, 6) is -0.427. The van der Waals surface area contributed by atoms with E-state index in [-0.39, 0.29) is 5.56 Å². The highest BCUT2D eigenvalue weighted by Crippen LogP contribution is 2.13. The van der Waals surface area contributed by atoms with Gasteiger partial charge in [-0.3, -0.25) is 9.59 Å². The molecule has 3 rings (SSSR count). The molecule has 0 saturated heterocycles. The first-order chi connectivity index (χ1) is 11.2. The molecule has 0 fully saturated rings. The molecule has 0 N–H and O–H groups in total. The molecule has 0 unspecified atom stereocenters. The molecule has 1 aromatic heterocycles. The smallest absolute Gasteiger partial charge is 0.347 e. The van der Waals surface area contributed by atoms with Crippen LogP contribution < -0.4 is 5.63 Å². The zero-order chi connectivity index (χ0) is 16.2. The van der Waals surface area contributed by atoms with Crippen LogP contribution in [0.1, 0.15) is 26.3 Å². The van der Waals surface area contributed by atoms with Crippen LogP contribution in [-0.4, -0.2) is 12.1 Å². The van der Waals surface area contributed by atoms with Gasteiger partial charge in [-0.1, -0.05) is 48.5 Å². The number of para-hydroxylation sites is 1. The van der Waals surface area contributed by atoms with Crippen molar-refractivity contribution in [1.29, 1.82) is 0 Å². The Balaban J connectivity index is 1.90. The summed E-state index contributed by atoms with van der Waals surface area (Å²) in [6, 6.07) is 15.3. The Hall–Kier alpha value is -3.27. The molecule has 0 aliphatic heterocycles. The summed E-state index contributed by atoms with van der Waals surface area (Å²) >= 11 is 0. The van der Waals surface area contributed by atoms with Gasteiger partial charge in [0.25, 0.3) is 0 Å². The fourth-order valence-electron chi connectivity index (χ4n) is 2.18. The monoisotopic (exact) mass is 304 g/mol. The largest absolute Gasteiger partial charge is 0.422 e. The minimum atomic E-state index is -0.658. The number of rotatable bonds is 4. The zero-order valence-corrected chi connectivity index (χ0v) is 12.1. The zero-order valence-electron chi connectivity index (χ0n) is 12.1. The maximum Gasteiger partial charge on any atom is 0.347 e. The van der Waals surface area contributed by atoms with Gasteiger partial charge in [0.1, 0.15) is 17.4 Å². The predicted molar refractivity (Wildman–Crippen MR) is 87.7 cm³/mol. The highest BCUT2D eigenvalue weighted by Gasteiger charge is 2.10. The Morgan fingerprint density at radius 3 is 2.39 bits per heavy atom. The molecule has 4 nitrogen and oxygen atoms in total. The third-order valence-electron chi connectivity index (χ3n) is 3.41. The number of fused-ring (bicyclic) bond motifs is 1. The van der Waals surface area contributed by atoms with Gasteiger partial charge in [0.05, 0.1) is 0 Å². The second-order valence-electron chi connectivity index (χ2n) is 4.97. The van der Waals surface area contributed by atoms with Gasteiger partial charge in [0.2, 0.25) is 0 Å². The molecule has 112 valence electrons. The van der Waals surface area contributed by atoms with Gasteiger partial charge in [-0.25, -0.2) is 4.79 Å². The number of carbonyl (C=O) groups is 2. The van der Waals surface area contributed by atoms with Crippen LogP contribution in [0.4, 0.5) is 0 Å². The Morgan fingerprint density at radius 1 is 0.957 bits per heavy atom. The molecule has 0 radical (unpaired) electrons. The van der Waals surface area contributed by atoms with Gasteiger partial charge in [-0.05, 0) is 23.8 Å². The van der Waals surface area contributed by atoms with E-state index < -0.39 is 11.4 Å². The number of benzene rings is 2. The van der Waals surface area contributed by atoms with Crippen LogP contribution in [-0.2, 0) is 0 Å². The standard InChI is InChI=1S/C19H12O4/c20-12-14-7-5-13(6-8-14)9-10-17(21)16-11-15-3-1-2-4-18(15)23-19(16)22/h1-12H. The van der Waals surface area contributed by atoms with E-state index >= 15 is 0 Å². The van der Waals surface area contributed by atoms with Crippen LogP contribution in [0, 0.1) is 0 Å². The summed E-state index contributed by atoms with van der Waals surface area (Å²) in [4.78, 5) is 34.7. The maximum atomic E-state index is 12.2. The first-order valence-electron chi connectivity index (χ1n) is 6.98. The second kappa shape index (κ2) is 6.23. The maximum absolute atomic E-state index is 12.2. The van der Waals surface area contributed by atoms with E-state index in [1.165, 1.54) is 12.1 Å². The normalized spacial score (nSPS) is 11.0. The average Bonchev–Trinajstić information content (AvgIpc) is 2.59. The summed E-state index contributed by atoms with van der Waals surface area (Å²) in [5.41, 5.74) is 1.10. The van der Waals surface area contributed by atoms with Crippen molar-refractivity contribution in [2.75, 3.05) is 0 Å². The molecule has 1 heterocycles. The van der Waals surface area contributed by atoms with Crippen molar-refractivity contribution in [3.63, 3.8) is 0 Å². The lowest BCUT2D eigenvalue weighted by Crippen LogP contribution is -2.11. The molecular formula is C19H12O4. The van der Waals surface area contributed by atoms with Gasteiger partial charge in [0, 0.05) is 10.9 Å². The molecule has 0 atom stereocenters. The van der Waals surface area contributed by atoms with Crippen molar-refractivity contribution in [1.82, 2.24) is 0 Å². The number of carbonyl (C=O) groups excluding carboxylic acids is 2. The quantitative estimate of drug-likeness (QED) is 0.320. The van der Waals surface area contributed by atoms with Crippen LogP contribution in [0.5, 0.6) is 0 Å². The minimum Gasteiger partial charge on any atom is -0.422 e. The number of aldehydes is 1. The molecule has 23 heavy (non-hydrogen) atoms. The molecule has 0 spiro atoms. The summed E-state index contributed by atoms with van der Waals surface area (Å²) in [6.07, 6.45) is 3.65. The fraction of sp³-hybridized carbons (Fsp3) is 0. The van der Waals surface area contributed by atoms with Gasteiger partial charge in [0.15, 0.2) is 5.78 Å². The molecular weight excluding hydrogens is 292 g/mol. The first-order valence-corrected chi connectivity index (χ1v) is 6.98. The van der Waals surface area contributed by atoms with Crippen molar-refractivity contribution in [3.8, 4) is 0 Å². The summed E-state index contributed by atoms with van der Waals surface area (Å²) in [7, 11) is 0. The average molecular weight is 304 g/mol. The van der Waals surface area contributed by atoms with Gasteiger partial charge >= 0.3 is 5.63 Å². The first kappa shape index (κ1) is 14.7. The van der Waals surface area contributed by atoms with Crippen molar-refractivity contribution in [2.45, 2.75) is 0 Å².